The number of hydrogen-bond acceptors (Lipinski definition) is 3. The SMILES string of the molecule is OC1CC[C@@H]2O[C@H]1CCC2O. The minimum absolute atomic E-state index is 0.00264. The van der Waals surface area contributed by atoms with E-state index in [0.29, 0.717) is 0 Å². The van der Waals surface area contributed by atoms with Crippen LogP contribution in [0.15, 0.2) is 0 Å². The van der Waals surface area contributed by atoms with E-state index in [9.17, 15) is 10.2 Å². The van der Waals surface area contributed by atoms with E-state index in [1.165, 1.54) is 0 Å². The highest BCUT2D eigenvalue weighted by Gasteiger charge is 2.37. The Morgan fingerprint density at radius 2 is 1.27 bits per heavy atom. The molecule has 11 heavy (non-hydrogen) atoms. The summed E-state index contributed by atoms with van der Waals surface area (Å²) in [5.74, 6) is 0. The van der Waals surface area contributed by atoms with Crippen LogP contribution in [-0.4, -0.2) is 34.6 Å². The molecule has 0 aliphatic carbocycles. The third-order valence-corrected chi connectivity index (χ3v) is 2.70. The lowest BCUT2D eigenvalue weighted by atomic mass is 9.88. The fourth-order valence-electron chi connectivity index (χ4n) is 1.97. The summed E-state index contributed by atoms with van der Waals surface area (Å²) in [5, 5.41) is 18.8. The fraction of sp³-hybridized carbons (Fsp3) is 1.00. The van der Waals surface area contributed by atoms with Gasteiger partial charge in [-0.2, -0.15) is 0 Å². The highest BCUT2D eigenvalue weighted by Crippen LogP contribution is 2.30. The summed E-state index contributed by atoms with van der Waals surface area (Å²) in [5.41, 5.74) is 0. The van der Waals surface area contributed by atoms with Crippen LogP contribution in [0, 0.1) is 0 Å². The molecule has 0 amide bonds. The van der Waals surface area contributed by atoms with Gasteiger partial charge in [-0.3, -0.25) is 0 Å². The molecule has 2 heterocycles. The third kappa shape index (κ3) is 1.28. The van der Waals surface area contributed by atoms with E-state index in [-0.39, 0.29) is 24.4 Å². The van der Waals surface area contributed by atoms with Crippen molar-refractivity contribution in [2.45, 2.75) is 50.1 Å². The normalized spacial score (nSPS) is 50.7. The number of aliphatic hydroxyl groups is 2. The average molecular weight is 158 g/mol. The molecular formula is C8H14O3. The van der Waals surface area contributed by atoms with Gasteiger partial charge in [0, 0.05) is 0 Å². The standard InChI is InChI=1S/C8H14O3/c9-5-1-3-7-6(10)2-4-8(5)11-7/h5-10H,1-4H2/t5?,6?,7-,8-/m0/s1. The second-order valence-electron chi connectivity index (χ2n) is 3.50. The Bertz CT molecular complexity index is 132. The topological polar surface area (TPSA) is 49.7 Å². The second-order valence-corrected chi connectivity index (χ2v) is 3.50. The molecule has 2 fully saturated rings. The first-order valence-electron chi connectivity index (χ1n) is 4.29. The predicted molar refractivity (Wildman–Crippen MR) is 39.1 cm³/mol. The lowest BCUT2D eigenvalue weighted by molar-refractivity contribution is -0.182. The maximum atomic E-state index is 9.40. The molecule has 0 spiro atoms. The van der Waals surface area contributed by atoms with Crippen molar-refractivity contribution in [3.05, 3.63) is 0 Å². The Balaban J connectivity index is 2.02. The number of ether oxygens (including phenoxy) is 1. The smallest absolute Gasteiger partial charge is 0.0840 e. The molecule has 0 aromatic carbocycles. The molecule has 2 unspecified atom stereocenters. The molecule has 3 nitrogen and oxygen atoms in total. The lowest BCUT2D eigenvalue weighted by Crippen LogP contribution is -2.48. The summed E-state index contributed by atoms with van der Waals surface area (Å²) in [6.45, 7) is 0. The Labute approximate surface area is 66.0 Å². The van der Waals surface area contributed by atoms with Crippen molar-refractivity contribution in [1.29, 1.82) is 0 Å². The molecule has 2 N–H and O–H groups in total. The molecule has 2 aliphatic heterocycles. The first-order chi connectivity index (χ1) is 5.27. The molecule has 3 heteroatoms. The van der Waals surface area contributed by atoms with E-state index in [2.05, 4.69) is 0 Å². The number of fused-ring (bicyclic) bond motifs is 2. The minimum atomic E-state index is -0.293. The highest BCUT2D eigenvalue weighted by atomic mass is 16.5. The summed E-state index contributed by atoms with van der Waals surface area (Å²) in [6, 6.07) is 0. The quantitative estimate of drug-likeness (QED) is 0.523. The number of aliphatic hydroxyl groups excluding tert-OH is 2. The molecule has 64 valence electrons. The largest absolute Gasteiger partial charge is 0.390 e. The molecule has 2 saturated heterocycles. The van der Waals surface area contributed by atoms with Crippen LogP contribution < -0.4 is 0 Å². The van der Waals surface area contributed by atoms with Gasteiger partial charge >= 0.3 is 0 Å². The van der Waals surface area contributed by atoms with Crippen molar-refractivity contribution in [1.82, 2.24) is 0 Å². The molecule has 0 saturated carbocycles. The summed E-state index contributed by atoms with van der Waals surface area (Å²) in [4.78, 5) is 0. The summed E-state index contributed by atoms with van der Waals surface area (Å²) in [6.07, 6.45) is 2.59. The van der Waals surface area contributed by atoms with Crippen molar-refractivity contribution in [2.75, 3.05) is 0 Å². The lowest BCUT2D eigenvalue weighted by Gasteiger charge is -2.40. The Morgan fingerprint density at radius 1 is 0.818 bits per heavy atom. The van der Waals surface area contributed by atoms with Crippen LogP contribution in [0.3, 0.4) is 0 Å². The molecule has 2 rings (SSSR count). The van der Waals surface area contributed by atoms with Crippen molar-refractivity contribution in [3.63, 3.8) is 0 Å². The Hall–Kier alpha value is -0.120. The van der Waals surface area contributed by atoms with Gasteiger partial charge in [0.25, 0.3) is 0 Å². The highest BCUT2D eigenvalue weighted by molar-refractivity contribution is 4.87. The van der Waals surface area contributed by atoms with Crippen LogP contribution in [0.5, 0.6) is 0 Å². The van der Waals surface area contributed by atoms with Gasteiger partial charge in [-0.1, -0.05) is 0 Å². The molecular weight excluding hydrogens is 144 g/mol. The van der Waals surface area contributed by atoms with Crippen LogP contribution in [0.25, 0.3) is 0 Å². The summed E-state index contributed by atoms with van der Waals surface area (Å²) < 4.78 is 5.45. The van der Waals surface area contributed by atoms with Crippen molar-refractivity contribution in [2.24, 2.45) is 0 Å². The van der Waals surface area contributed by atoms with Crippen molar-refractivity contribution < 1.29 is 14.9 Å². The van der Waals surface area contributed by atoms with Crippen LogP contribution in [-0.2, 0) is 4.74 Å². The Morgan fingerprint density at radius 3 is 1.73 bits per heavy atom. The Kier molecular flexibility index (Phi) is 1.87. The molecule has 4 atom stereocenters. The maximum Gasteiger partial charge on any atom is 0.0840 e. The average Bonchev–Trinajstić information content (AvgIpc) is 2.02. The van der Waals surface area contributed by atoms with E-state index in [1.54, 1.807) is 0 Å². The summed E-state index contributed by atoms with van der Waals surface area (Å²) >= 11 is 0. The van der Waals surface area contributed by atoms with E-state index in [4.69, 9.17) is 4.74 Å². The maximum absolute atomic E-state index is 9.40. The van der Waals surface area contributed by atoms with Gasteiger partial charge in [-0.15, -0.1) is 0 Å². The summed E-state index contributed by atoms with van der Waals surface area (Å²) in [7, 11) is 0. The molecule has 0 radical (unpaired) electrons. The van der Waals surface area contributed by atoms with E-state index < -0.39 is 0 Å². The molecule has 2 aliphatic rings. The zero-order valence-corrected chi connectivity index (χ0v) is 6.44. The number of hydrogen-bond donors (Lipinski definition) is 2. The van der Waals surface area contributed by atoms with E-state index >= 15 is 0 Å². The molecule has 2 bridgehead atoms. The zero-order chi connectivity index (χ0) is 7.84. The van der Waals surface area contributed by atoms with Gasteiger partial charge in [-0.25, -0.2) is 0 Å². The molecule has 0 aromatic rings. The van der Waals surface area contributed by atoms with Crippen molar-refractivity contribution >= 4 is 0 Å². The minimum Gasteiger partial charge on any atom is -0.390 e. The second kappa shape index (κ2) is 2.73. The third-order valence-electron chi connectivity index (χ3n) is 2.70. The van der Waals surface area contributed by atoms with Crippen LogP contribution in [0.2, 0.25) is 0 Å². The van der Waals surface area contributed by atoms with Gasteiger partial charge in [0.1, 0.15) is 0 Å². The van der Waals surface area contributed by atoms with Crippen molar-refractivity contribution in [3.8, 4) is 0 Å². The van der Waals surface area contributed by atoms with Crippen LogP contribution in [0.4, 0.5) is 0 Å². The van der Waals surface area contributed by atoms with E-state index in [0.717, 1.165) is 25.7 Å². The predicted octanol–water partition coefficient (Wildman–Crippen LogP) is 0.0496. The van der Waals surface area contributed by atoms with Crippen LogP contribution in [0.1, 0.15) is 25.7 Å². The number of rotatable bonds is 0. The monoisotopic (exact) mass is 158 g/mol. The first kappa shape index (κ1) is 7.53. The van der Waals surface area contributed by atoms with Crippen LogP contribution >= 0.6 is 0 Å². The van der Waals surface area contributed by atoms with Gasteiger partial charge in [0.2, 0.25) is 0 Å². The van der Waals surface area contributed by atoms with Gasteiger partial charge in [0.15, 0.2) is 0 Å². The molecule has 0 aromatic heterocycles. The van der Waals surface area contributed by atoms with Gasteiger partial charge in [-0.05, 0) is 25.7 Å². The fourth-order valence-corrected chi connectivity index (χ4v) is 1.97. The van der Waals surface area contributed by atoms with Gasteiger partial charge < -0.3 is 14.9 Å². The van der Waals surface area contributed by atoms with E-state index in [1.807, 2.05) is 0 Å². The zero-order valence-electron chi connectivity index (χ0n) is 6.44. The first-order valence-corrected chi connectivity index (χ1v) is 4.29. The van der Waals surface area contributed by atoms with Gasteiger partial charge in [0.05, 0.1) is 24.4 Å².